The van der Waals surface area contributed by atoms with E-state index in [0.29, 0.717) is 18.0 Å². The quantitative estimate of drug-likeness (QED) is 0.849. The van der Waals surface area contributed by atoms with Gasteiger partial charge in [0.1, 0.15) is 0 Å². The van der Waals surface area contributed by atoms with Crippen molar-refractivity contribution in [1.29, 1.82) is 0 Å². The predicted molar refractivity (Wildman–Crippen MR) is 94.4 cm³/mol. The lowest BCUT2D eigenvalue weighted by molar-refractivity contribution is 0.0721. The largest absolute Gasteiger partial charge is 0.311 e. The van der Waals surface area contributed by atoms with E-state index in [-0.39, 0.29) is 0 Å². The van der Waals surface area contributed by atoms with Gasteiger partial charge in [0.25, 0.3) is 0 Å². The van der Waals surface area contributed by atoms with Gasteiger partial charge in [-0.25, -0.2) is 0 Å². The first-order chi connectivity index (χ1) is 10.0. The smallest absolute Gasteiger partial charge is 0.0250 e. The number of halogens is 1. The molecular weight excluding hydrogens is 324 g/mol. The Morgan fingerprint density at radius 2 is 2.00 bits per heavy atom. The summed E-state index contributed by atoms with van der Waals surface area (Å²) in [5.74, 6) is 1.41. The zero-order valence-electron chi connectivity index (χ0n) is 13.8. The summed E-state index contributed by atoms with van der Waals surface area (Å²) in [7, 11) is 0. The summed E-state index contributed by atoms with van der Waals surface area (Å²) in [5, 5.41) is 3.76. The zero-order valence-corrected chi connectivity index (χ0v) is 15.4. The topological polar surface area (TPSA) is 15.3 Å². The molecule has 0 aromatic heterocycles. The molecule has 1 aromatic rings. The van der Waals surface area contributed by atoms with Crippen LogP contribution in [-0.2, 0) is 6.54 Å². The van der Waals surface area contributed by atoms with Crippen molar-refractivity contribution in [3.63, 3.8) is 0 Å². The number of hydrogen-bond acceptors (Lipinski definition) is 2. The Kier molecular flexibility index (Phi) is 6.27. The van der Waals surface area contributed by atoms with Crippen LogP contribution in [0.5, 0.6) is 0 Å². The lowest BCUT2D eigenvalue weighted by Gasteiger charge is -2.44. The minimum absolute atomic E-state index is 0.604. The highest BCUT2D eigenvalue weighted by atomic mass is 79.9. The molecule has 3 atom stereocenters. The molecule has 1 N–H and O–H groups in total. The van der Waals surface area contributed by atoms with Gasteiger partial charge in [0, 0.05) is 36.2 Å². The van der Waals surface area contributed by atoms with Crippen LogP contribution in [0.2, 0.25) is 0 Å². The van der Waals surface area contributed by atoms with Crippen LogP contribution in [0, 0.1) is 11.8 Å². The highest BCUT2D eigenvalue weighted by Gasteiger charge is 2.32. The van der Waals surface area contributed by atoms with Gasteiger partial charge in [0.05, 0.1) is 0 Å². The van der Waals surface area contributed by atoms with Crippen LogP contribution in [0.3, 0.4) is 0 Å². The van der Waals surface area contributed by atoms with Crippen molar-refractivity contribution in [3.05, 3.63) is 34.3 Å². The van der Waals surface area contributed by atoms with Gasteiger partial charge in [0.2, 0.25) is 0 Å². The molecule has 1 aliphatic rings. The highest BCUT2D eigenvalue weighted by Crippen LogP contribution is 2.25. The number of nitrogens with one attached hydrogen (secondary N) is 1. The Balaban J connectivity index is 2.15. The molecular formula is C18H29BrN2. The molecule has 0 bridgehead atoms. The average molecular weight is 353 g/mol. The van der Waals surface area contributed by atoms with E-state index in [1.54, 1.807) is 0 Å². The number of rotatable bonds is 5. The third-order valence-corrected chi connectivity index (χ3v) is 5.70. The van der Waals surface area contributed by atoms with Crippen LogP contribution >= 0.6 is 15.9 Å². The number of benzene rings is 1. The van der Waals surface area contributed by atoms with E-state index in [1.807, 2.05) is 0 Å². The lowest BCUT2D eigenvalue weighted by atomic mass is 9.91. The van der Waals surface area contributed by atoms with E-state index in [0.717, 1.165) is 25.6 Å². The molecule has 0 radical (unpaired) electrons. The molecule has 21 heavy (non-hydrogen) atoms. The van der Waals surface area contributed by atoms with Crippen molar-refractivity contribution in [2.24, 2.45) is 11.8 Å². The van der Waals surface area contributed by atoms with E-state index < -0.39 is 0 Å². The maximum absolute atomic E-state index is 3.76. The van der Waals surface area contributed by atoms with Crippen molar-refractivity contribution in [2.75, 3.05) is 13.1 Å². The monoisotopic (exact) mass is 352 g/mol. The highest BCUT2D eigenvalue weighted by molar-refractivity contribution is 9.10. The summed E-state index contributed by atoms with van der Waals surface area (Å²) in [4.78, 5) is 2.69. The van der Waals surface area contributed by atoms with E-state index in [2.05, 4.69) is 78.1 Å². The molecule has 0 amide bonds. The van der Waals surface area contributed by atoms with Crippen LogP contribution in [-0.4, -0.2) is 30.1 Å². The maximum Gasteiger partial charge on any atom is 0.0250 e. The van der Waals surface area contributed by atoms with E-state index >= 15 is 0 Å². The van der Waals surface area contributed by atoms with Gasteiger partial charge < -0.3 is 5.32 Å². The summed E-state index contributed by atoms with van der Waals surface area (Å²) >= 11 is 3.70. The Morgan fingerprint density at radius 1 is 1.29 bits per heavy atom. The normalized spacial score (nSPS) is 25.2. The van der Waals surface area contributed by atoms with E-state index in [9.17, 15) is 0 Å². The van der Waals surface area contributed by atoms with Crippen LogP contribution in [0.15, 0.2) is 28.7 Å². The van der Waals surface area contributed by atoms with Gasteiger partial charge in [0.15, 0.2) is 0 Å². The van der Waals surface area contributed by atoms with E-state index in [4.69, 9.17) is 0 Å². The molecule has 1 aromatic carbocycles. The van der Waals surface area contributed by atoms with Gasteiger partial charge >= 0.3 is 0 Å². The summed E-state index contributed by atoms with van der Waals surface area (Å²) < 4.78 is 1.23. The second kappa shape index (κ2) is 7.75. The molecule has 0 spiro atoms. The SMILES string of the molecule is CCC(C)C1CNC(C(C)C)CN1Cc1ccccc1Br. The molecule has 1 aliphatic heterocycles. The van der Waals surface area contributed by atoms with Crippen LogP contribution in [0.4, 0.5) is 0 Å². The number of hydrogen-bond donors (Lipinski definition) is 1. The first-order valence-electron chi connectivity index (χ1n) is 8.23. The Bertz CT molecular complexity index is 447. The second-order valence-electron chi connectivity index (χ2n) is 6.73. The van der Waals surface area contributed by atoms with Crippen LogP contribution in [0.25, 0.3) is 0 Å². The maximum atomic E-state index is 3.76. The molecule has 0 saturated carbocycles. The van der Waals surface area contributed by atoms with E-state index in [1.165, 1.54) is 16.5 Å². The van der Waals surface area contributed by atoms with Gasteiger partial charge in [-0.1, -0.05) is 68.2 Å². The minimum atomic E-state index is 0.604. The van der Waals surface area contributed by atoms with Gasteiger partial charge in [-0.3, -0.25) is 4.90 Å². The first kappa shape index (κ1) is 17.0. The van der Waals surface area contributed by atoms with Crippen molar-refractivity contribution < 1.29 is 0 Å². The summed E-state index contributed by atoms with van der Waals surface area (Å²) in [5.41, 5.74) is 1.40. The Hall–Kier alpha value is -0.380. The van der Waals surface area contributed by atoms with Gasteiger partial charge in [-0.2, -0.15) is 0 Å². The fourth-order valence-electron chi connectivity index (χ4n) is 3.16. The van der Waals surface area contributed by atoms with Gasteiger partial charge in [-0.05, 0) is 23.5 Å². The van der Waals surface area contributed by atoms with Crippen molar-refractivity contribution in [1.82, 2.24) is 10.2 Å². The number of nitrogens with zero attached hydrogens (tertiary/aromatic N) is 1. The third kappa shape index (κ3) is 4.30. The molecule has 0 aliphatic carbocycles. The fraction of sp³-hybridized carbons (Fsp3) is 0.667. The predicted octanol–water partition coefficient (Wildman–Crippen LogP) is 4.29. The minimum Gasteiger partial charge on any atom is -0.311 e. The standard InChI is InChI=1S/C18H29BrN2/c1-5-14(4)18-10-20-17(13(2)3)12-21(18)11-15-8-6-7-9-16(15)19/h6-9,13-14,17-18,20H,5,10-12H2,1-4H3. The molecule has 3 unspecified atom stereocenters. The van der Waals surface area contributed by atoms with Crippen molar-refractivity contribution >= 4 is 15.9 Å². The zero-order chi connectivity index (χ0) is 15.4. The fourth-order valence-corrected chi connectivity index (χ4v) is 3.57. The van der Waals surface area contributed by atoms with Crippen molar-refractivity contribution in [2.45, 2.75) is 52.7 Å². The van der Waals surface area contributed by atoms with Gasteiger partial charge in [-0.15, -0.1) is 0 Å². The molecule has 1 heterocycles. The molecule has 1 saturated heterocycles. The lowest BCUT2D eigenvalue weighted by Crippen LogP contribution is -2.59. The summed E-state index contributed by atoms with van der Waals surface area (Å²) in [6.45, 7) is 12.6. The molecule has 2 rings (SSSR count). The summed E-state index contributed by atoms with van der Waals surface area (Å²) in [6.07, 6.45) is 1.24. The summed E-state index contributed by atoms with van der Waals surface area (Å²) in [6, 6.07) is 9.86. The average Bonchev–Trinajstić information content (AvgIpc) is 2.48. The Labute approximate surface area is 138 Å². The Morgan fingerprint density at radius 3 is 2.62 bits per heavy atom. The molecule has 3 heteroatoms. The molecule has 118 valence electrons. The number of piperazine rings is 1. The van der Waals surface area contributed by atoms with Crippen LogP contribution in [0.1, 0.15) is 39.7 Å². The van der Waals surface area contributed by atoms with Crippen molar-refractivity contribution in [3.8, 4) is 0 Å². The third-order valence-electron chi connectivity index (χ3n) is 4.93. The van der Waals surface area contributed by atoms with Crippen LogP contribution < -0.4 is 5.32 Å². The molecule has 1 fully saturated rings. The first-order valence-corrected chi connectivity index (χ1v) is 9.03. The molecule has 2 nitrogen and oxygen atoms in total. The second-order valence-corrected chi connectivity index (χ2v) is 7.59.